The van der Waals surface area contributed by atoms with Crippen LogP contribution in [0.5, 0.6) is 0 Å². The van der Waals surface area contributed by atoms with Crippen molar-refractivity contribution in [1.82, 2.24) is 29.5 Å². The van der Waals surface area contributed by atoms with Crippen LogP contribution in [0.1, 0.15) is 24.4 Å². The molecule has 0 bridgehead atoms. The monoisotopic (exact) mass is 349 g/mol. The van der Waals surface area contributed by atoms with Crippen molar-refractivity contribution >= 4 is 11.7 Å². The molecule has 3 aromatic heterocycles. The number of aromatic nitrogens is 6. The van der Waals surface area contributed by atoms with Crippen LogP contribution in [-0.4, -0.2) is 42.6 Å². The number of nitrogens with zero attached hydrogens (tertiary/aromatic N) is 7. The fourth-order valence-corrected chi connectivity index (χ4v) is 2.88. The lowest BCUT2D eigenvalue weighted by Crippen LogP contribution is -2.20. The highest BCUT2D eigenvalue weighted by atomic mass is 19.4. The topological polar surface area (TPSA) is 72.1 Å². The smallest absolute Gasteiger partial charge is 0.341 e. The number of rotatable bonds is 2. The molecular formula is C15H14F3N7. The molecule has 7 nitrogen and oxygen atoms in total. The van der Waals surface area contributed by atoms with Gasteiger partial charge in [0.1, 0.15) is 0 Å². The number of hydrogen-bond acceptors (Lipinski definition) is 6. The zero-order valence-electron chi connectivity index (χ0n) is 13.3. The average Bonchev–Trinajstić information content (AvgIpc) is 3.25. The summed E-state index contributed by atoms with van der Waals surface area (Å²) < 4.78 is 39.5. The number of halogens is 3. The minimum atomic E-state index is -4.61. The second kappa shape index (κ2) is 5.64. The summed E-state index contributed by atoms with van der Waals surface area (Å²) in [5.74, 6) is -0.688. The first-order valence-corrected chi connectivity index (χ1v) is 7.81. The molecule has 0 aromatic carbocycles. The van der Waals surface area contributed by atoms with Gasteiger partial charge in [-0.2, -0.15) is 18.2 Å². The predicted molar refractivity (Wildman–Crippen MR) is 83.0 cm³/mol. The molecule has 0 atom stereocenters. The Morgan fingerprint density at radius 3 is 2.56 bits per heavy atom. The predicted octanol–water partition coefficient (Wildman–Crippen LogP) is 2.51. The zero-order valence-corrected chi connectivity index (χ0v) is 13.3. The number of hydrogen-bond donors (Lipinski definition) is 0. The third kappa shape index (κ3) is 2.77. The quantitative estimate of drug-likeness (QED) is 0.708. The molecule has 0 unspecified atom stereocenters. The Morgan fingerprint density at radius 2 is 1.84 bits per heavy atom. The molecule has 1 aliphatic heterocycles. The third-order valence-corrected chi connectivity index (χ3v) is 4.17. The summed E-state index contributed by atoms with van der Waals surface area (Å²) in [6, 6.07) is 1.71. The summed E-state index contributed by atoms with van der Waals surface area (Å²) in [5, 5.41) is 3.53. The Hall–Kier alpha value is -2.78. The van der Waals surface area contributed by atoms with E-state index < -0.39 is 12.0 Å². The molecule has 130 valence electrons. The highest BCUT2D eigenvalue weighted by Crippen LogP contribution is 2.28. The van der Waals surface area contributed by atoms with Gasteiger partial charge in [-0.05, 0) is 25.8 Å². The van der Waals surface area contributed by atoms with E-state index in [1.165, 1.54) is 6.20 Å². The van der Waals surface area contributed by atoms with E-state index in [2.05, 4.69) is 29.9 Å². The van der Waals surface area contributed by atoms with E-state index in [-0.39, 0.29) is 5.78 Å². The van der Waals surface area contributed by atoms with E-state index in [1.54, 1.807) is 19.2 Å². The van der Waals surface area contributed by atoms with Gasteiger partial charge in [0, 0.05) is 31.0 Å². The van der Waals surface area contributed by atoms with Crippen LogP contribution in [-0.2, 0) is 6.18 Å². The van der Waals surface area contributed by atoms with Crippen LogP contribution >= 0.6 is 0 Å². The van der Waals surface area contributed by atoms with E-state index in [9.17, 15) is 13.2 Å². The summed E-state index contributed by atoms with van der Waals surface area (Å²) in [5.41, 5.74) is 1.67. The van der Waals surface area contributed by atoms with Gasteiger partial charge in [0.15, 0.2) is 0 Å². The van der Waals surface area contributed by atoms with Crippen molar-refractivity contribution in [3.8, 4) is 11.3 Å². The molecular weight excluding hydrogens is 335 g/mol. The molecule has 1 saturated heterocycles. The SMILES string of the molecule is Cc1c(-c2ccnc(N3CCCC3)n2)cnc2nc(C(F)(F)F)nn12. The number of fused-ring (bicyclic) bond motifs is 1. The first-order chi connectivity index (χ1) is 11.9. The normalized spacial score (nSPS) is 15.3. The molecule has 0 amide bonds. The minimum absolute atomic E-state index is 0.0950. The maximum atomic E-state index is 12.8. The van der Waals surface area contributed by atoms with Gasteiger partial charge < -0.3 is 4.90 Å². The number of anilines is 1. The number of aryl methyl sites for hydroxylation is 1. The largest absolute Gasteiger partial charge is 0.453 e. The summed E-state index contributed by atoms with van der Waals surface area (Å²) in [7, 11) is 0. The standard InChI is InChI=1S/C15H14F3N7/c1-9-10(8-20-14-22-12(15(16,17)18)23-25(9)14)11-4-5-19-13(21-11)24-6-2-3-7-24/h4-5,8H,2-3,6-7H2,1H3. The maximum absolute atomic E-state index is 12.8. The Kier molecular flexibility index (Phi) is 3.55. The van der Waals surface area contributed by atoms with Gasteiger partial charge in [0.05, 0.1) is 11.4 Å². The lowest BCUT2D eigenvalue weighted by atomic mass is 10.2. The van der Waals surface area contributed by atoms with Crippen molar-refractivity contribution < 1.29 is 13.2 Å². The Bertz CT molecular complexity index is 929. The fourth-order valence-electron chi connectivity index (χ4n) is 2.88. The molecule has 0 aliphatic carbocycles. The van der Waals surface area contributed by atoms with Crippen LogP contribution in [0.2, 0.25) is 0 Å². The summed E-state index contributed by atoms with van der Waals surface area (Å²) in [6.45, 7) is 3.46. The highest BCUT2D eigenvalue weighted by molar-refractivity contribution is 5.63. The Balaban J connectivity index is 1.79. The van der Waals surface area contributed by atoms with E-state index in [4.69, 9.17) is 0 Å². The lowest BCUT2D eigenvalue weighted by molar-refractivity contribution is -0.144. The van der Waals surface area contributed by atoms with Crippen molar-refractivity contribution in [3.05, 3.63) is 30.0 Å². The van der Waals surface area contributed by atoms with Crippen LogP contribution in [0.25, 0.3) is 17.0 Å². The first kappa shape index (κ1) is 15.7. The van der Waals surface area contributed by atoms with Gasteiger partial charge in [-0.3, -0.25) is 0 Å². The van der Waals surface area contributed by atoms with Gasteiger partial charge in [-0.15, -0.1) is 5.10 Å². The van der Waals surface area contributed by atoms with Gasteiger partial charge in [-0.25, -0.2) is 19.5 Å². The summed E-state index contributed by atoms with van der Waals surface area (Å²) in [6.07, 6.45) is 0.689. The van der Waals surface area contributed by atoms with Crippen LogP contribution in [0.4, 0.5) is 19.1 Å². The molecule has 3 aromatic rings. The van der Waals surface area contributed by atoms with E-state index in [1.807, 2.05) is 0 Å². The van der Waals surface area contributed by atoms with Crippen LogP contribution in [0.15, 0.2) is 18.5 Å². The lowest BCUT2D eigenvalue weighted by Gasteiger charge is -2.15. The van der Waals surface area contributed by atoms with Crippen molar-refractivity contribution in [2.45, 2.75) is 25.9 Å². The van der Waals surface area contributed by atoms with Gasteiger partial charge in [0.25, 0.3) is 11.6 Å². The van der Waals surface area contributed by atoms with E-state index >= 15 is 0 Å². The average molecular weight is 349 g/mol. The third-order valence-electron chi connectivity index (χ3n) is 4.17. The molecule has 1 aliphatic rings. The molecule has 25 heavy (non-hydrogen) atoms. The maximum Gasteiger partial charge on any atom is 0.453 e. The summed E-state index contributed by atoms with van der Waals surface area (Å²) >= 11 is 0. The zero-order chi connectivity index (χ0) is 17.6. The van der Waals surface area contributed by atoms with Crippen molar-refractivity contribution in [3.63, 3.8) is 0 Å². The van der Waals surface area contributed by atoms with Gasteiger partial charge in [0.2, 0.25) is 5.95 Å². The van der Waals surface area contributed by atoms with Gasteiger partial charge in [-0.1, -0.05) is 0 Å². The van der Waals surface area contributed by atoms with E-state index in [0.717, 1.165) is 30.4 Å². The van der Waals surface area contributed by atoms with Crippen LogP contribution < -0.4 is 4.90 Å². The molecule has 4 rings (SSSR count). The highest BCUT2D eigenvalue weighted by Gasteiger charge is 2.36. The first-order valence-electron chi connectivity index (χ1n) is 7.81. The molecule has 0 N–H and O–H groups in total. The second-order valence-corrected chi connectivity index (χ2v) is 5.84. The molecule has 0 spiro atoms. The van der Waals surface area contributed by atoms with Crippen molar-refractivity contribution in [2.75, 3.05) is 18.0 Å². The molecule has 0 radical (unpaired) electrons. The number of alkyl halides is 3. The van der Waals surface area contributed by atoms with Crippen molar-refractivity contribution in [2.24, 2.45) is 0 Å². The molecule has 4 heterocycles. The second-order valence-electron chi connectivity index (χ2n) is 5.84. The van der Waals surface area contributed by atoms with Gasteiger partial charge >= 0.3 is 6.18 Å². The fraction of sp³-hybridized carbons (Fsp3) is 0.400. The molecule has 1 fully saturated rings. The van der Waals surface area contributed by atoms with Crippen molar-refractivity contribution in [1.29, 1.82) is 0 Å². The van der Waals surface area contributed by atoms with Crippen LogP contribution in [0, 0.1) is 6.92 Å². The molecule has 10 heteroatoms. The van der Waals surface area contributed by atoms with E-state index in [0.29, 0.717) is 22.9 Å². The molecule has 0 saturated carbocycles. The van der Waals surface area contributed by atoms with Crippen LogP contribution in [0.3, 0.4) is 0 Å². The Labute approximate surface area is 140 Å². The minimum Gasteiger partial charge on any atom is -0.341 e. The Morgan fingerprint density at radius 1 is 1.08 bits per heavy atom. The summed E-state index contributed by atoms with van der Waals surface area (Å²) in [4.78, 5) is 18.3.